The van der Waals surface area contributed by atoms with Gasteiger partial charge in [0.15, 0.2) is 0 Å². The fraction of sp³-hybridized carbons (Fsp3) is 0.556. The van der Waals surface area contributed by atoms with Gasteiger partial charge >= 0.3 is 19.5 Å². The third-order valence-electron chi connectivity index (χ3n) is 4.45. The Kier molecular flexibility index (Phi) is 9.99. The molecule has 4 fully saturated rings. The first-order valence-electron chi connectivity index (χ1n) is 8.74. The van der Waals surface area contributed by atoms with Gasteiger partial charge in [-0.3, -0.25) is 0 Å². The van der Waals surface area contributed by atoms with Gasteiger partial charge in [0.25, 0.3) is 0 Å². The standard InChI is InChI=1S/C10H14.C6H12N3P.C2H2O4.Ru/c1-8(2)10-6-4-9(3)5-7-10;1-7-2-9-3-8(1)5-10(4-7)6-9;3-1(4)2(5)6;/h4-8H,1-3H3;1-6H2;(H,3,4)(H,5,6);/q;;;+2/p-1. The number of hydrogen-bond acceptors (Lipinski definition) is 7. The van der Waals surface area contributed by atoms with Crippen molar-refractivity contribution in [3.8, 4) is 0 Å². The maximum Gasteiger partial charge on any atom is 2.00 e. The normalized spacial score (nSPS) is 26.8. The van der Waals surface area contributed by atoms with Crippen molar-refractivity contribution in [2.45, 2.75) is 26.7 Å². The van der Waals surface area contributed by atoms with E-state index in [0.29, 0.717) is 5.92 Å². The minimum Gasteiger partial charge on any atom is -0.543 e. The number of carboxylic acid groups (broad SMARTS) is 2. The molecule has 4 aliphatic rings. The van der Waals surface area contributed by atoms with Crippen molar-refractivity contribution in [3.05, 3.63) is 35.4 Å². The number of benzene rings is 1. The molecule has 0 aliphatic carbocycles. The second-order valence-electron chi connectivity index (χ2n) is 7.30. The van der Waals surface area contributed by atoms with Crippen molar-refractivity contribution in [1.29, 1.82) is 0 Å². The Morgan fingerprint density at radius 1 is 0.889 bits per heavy atom. The molecular formula is C18H27N3O4PRu+. The second kappa shape index (κ2) is 11.2. The second-order valence-corrected chi connectivity index (χ2v) is 9.75. The minimum absolute atomic E-state index is 0. The summed E-state index contributed by atoms with van der Waals surface area (Å²) in [7, 11) is 0.0297. The Morgan fingerprint density at radius 3 is 1.52 bits per heavy atom. The van der Waals surface area contributed by atoms with Crippen molar-refractivity contribution in [2.24, 2.45) is 0 Å². The van der Waals surface area contributed by atoms with Crippen LogP contribution >= 0.6 is 7.92 Å². The Bertz CT molecular complexity index is 559. The number of carbonyl (C=O) groups is 2. The maximum atomic E-state index is 8.93. The average Bonchev–Trinajstić information content (AvgIpc) is 2.55. The smallest absolute Gasteiger partial charge is 0.543 e. The van der Waals surface area contributed by atoms with E-state index in [4.69, 9.17) is 19.8 Å². The van der Waals surface area contributed by atoms with E-state index in [-0.39, 0.29) is 27.4 Å². The molecule has 1 aromatic carbocycles. The molecule has 0 atom stereocenters. The fourth-order valence-corrected chi connectivity index (χ4v) is 6.13. The number of carbonyl (C=O) groups excluding carboxylic acids is 2. The molecule has 4 bridgehead atoms. The number of nitrogens with zero attached hydrogens (tertiary/aromatic N) is 3. The van der Waals surface area contributed by atoms with Crippen LogP contribution < -0.4 is 10.2 Å². The van der Waals surface area contributed by atoms with E-state index in [1.807, 2.05) is 0 Å². The fourth-order valence-electron chi connectivity index (χ4n) is 3.33. The van der Waals surface area contributed by atoms with Crippen LogP contribution in [0.1, 0.15) is 30.9 Å². The molecule has 0 saturated carbocycles. The zero-order chi connectivity index (χ0) is 19.3. The van der Waals surface area contributed by atoms with E-state index in [1.54, 1.807) is 0 Å². The first-order chi connectivity index (χ1) is 12.2. The topological polar surface area (TPSA) is 90.0 Å². The molecule has 27 heavy (non-hydrogen) atoms. The molecule has 150 valence electrons. The Labute approximate surface area is 174 Å². The maximum absolute atomic E-state index is 8.93. The molecule has 0 aromatic heterocycles. The Balaban J connectivity index is 0.000000207. The summed E-state index contributed by atoms with van der Waals surface area (Å²) in [6.45, 7) is 10.3. The van der Waals surface area contributed by atoms with Crippen LogP contribution in [-0.2, 0) is 29.1 Å². The first-order valence-corrected chi connectivity index (χ1v) is 10.9. The van der Waals surface area contributed by atoms with Gasteiger partial charge in [-0.15, -0.1) is 0 Å². The SMILES string of the molecule is C1N2CN3CN1C[PH+](C2)C3.Cc1ccc(C(C)C)cc1.O=C([O-])C(=O)[O-].[Ru+2]. The molecule has 0 unspecified atom stereocenters. The molecule has 4 aliphatic heterocycles. The van der Waals surface area contributed by atoms with E-state index < -0.39 is 11.9 Å². The first kappa shape index (κ1) is 24.1. The summed E-state index contributed by atoms with van der Waals surface area (Å²) in [5.41, 5.74) is 2.76. The van der Waals surface area contributed by atoms with Crippen LogP contribution in [0.15, 0.2) is 24.3 Å². The van der Waals surface area contributed by atoms with Gasteiger partial charge in [-0.2, -0.15) is 0 Å². The van der Waals surface area contributed by atoms with Crippen LogP contribution in [0.5, 0.6) is 0 Å². The number of hydrogen-bond donors (Lipinski definition) is 0. The van der Waals surface area contributed by atoms with Gasteiger partial charge in [0.05, 0.1) is 31.9 Å². The summed E-state index contributed by atoms with van der Waals surface area (Å²) in [6, 6.07) is 8.71. The monoisotopic (exact) mass is 482 g/mol. The molecule has 1 aromatic rings. The summed E-state index contributed by atoms with van der Waals surface area (Å²) >= 11 is 0. The van der Waals surface area contributed by atoms with Gasteiger partial charge in [0.1, 0.15) is 18.9 Å². The van der Waals surface area contributed by atoms with Crippen LogP contribution in [0.3, 0.4) is 0 Å². The molecule has 9 heteroatoms. The van der Waals surface area contributed by atoms with Gasteiger partial charge in [-0.05, 0) is 18.4 Å². The quantitative estimate of drug-likeness (QED) is 0.303. The van der Waals surface area contributed by atoms with E-state index in [9.17, 15) is 0 Å². The summed E-state index contributed by atoms with van der Waals surface area (Å²) < 4.78 is 0. The third-order valence-corrected chi connectivity index (χ3v) is 7.14. The van der Waals surface area contributed by atoms with Crippen LogP contribution in [0.4, 0.5) is 0 Å². The summed E-state index contributed by atoms with van der Waals surface area (Å²) in [4.78, 5) is 25.6. The van der Waals surface area contributed by atoms with Crippen LogP contribution in [0.2, 0.25) is 0 Å². The Hall–Kier alpha value is -0.907. The molecule has 7 nitrogen and oxygen atoms in total. The van der Waals surface area contributed by atoms with E-state index in [0.717, 1.165) is 0 Å². The zero-order valence-corrected chi connectivity index (χ0v) is 18.7. The van der Waals surface area contributed by atoms with Gasteiger partial charge in [-0.25, -0.2) is 14.7 Å². The number of carboxylic acids is 2. The number of rotatable bonds is 1. The summed E-state index contributed by atoms with van der Waals surface area (Å²) in [5, 5.41) is 17.9. The van der Waals surface area contributed by atoms with Gasteiger partial charge in [0.2, 0.25) is 0 Å². The molecule has 0 amide bonds. The van der Waals surface area contributed by atoms with E-state index in [1.165, 1.54) is 50.0 Å². The number of aliphatic carboxylic acids is 2. The molecular weight excluding hydrogens is 454 g/mol. The number of aryl methyl sites for hydroxylation is 1. The molecule has 0 N–H and O–H groups in total. The van der Waals surface area contributed by atoms with Crippen molar-refractivity contribution in [2.75, 3.05) is 38.9 Å². The van der Waals surface area contributed by atoms with Crippen molar-refractivity contribution in [3.63, 3.8) is 0 Å². The third kappa shape index (κ3) is 7.92. The molecule has 0 radical (unpaired) electrons. The molecule has 4 heterocycles. The predicted octanol–water partition coefficient (Wildman–Crippen LogP) is -0.505. The van der Waals surface area contributed by atoms with Crippen LogP contribution in [0.25, 0.3) is 0 Å². The molecule has 0 spiro atoms. The minimum atomic E-state index is -2.19. The van der Waals surface area contributed by atoms with Crippen LogP contribution in [0, 0.1) is 6.92 Å². The van der Waals surface area contributed by atoms with E-state index >= 15 is 0 Å². The largest absolute Gasteiger partial charge is 2.00 e. The average molecular weight is 481 g/mol. The van der Waals surface area contributed by atoms with E-state index in [2.05, 4.69) is 59.7 Å². The van der Waals surface area contributed by atoms with Crippen molar-refractivity contribution < 1.29 is 39.3 Å². The van der Waals surface area contributed by atoms with Gasteiger partial charge < -0.3 is 19.8 Å². The van der Waals surface area contributed by atoms with Crippen molar-refractivity contribution >= 4 is 19.9 Å². The van der Waals surface area contributed by atoms with Crippen molar-refractivity contribution in [1.82, 2.24) is 14.7 Å². The summed E-state index contributed by atoms with van der Waals surface area (Å²) in [5.74, 6) is -3.72. The van der Waals surface area contributed by atoms with Crippen LogP contribution in [-0.4, -0.2) is 65.5 Å². The Morgan fingerprint density at radius 2 is 1.26 bits per heavy atom. The molecule has 5 rings (SSSR count). The predicted molar refractivity (Wildman–Crippen MR) is 98.3 cm³/mol. The summed E-state index contributed by atoms with van der Waals surface area (Å²) in [6.07, 6.45) is 4.37. The zero-order valence-electron chi connectivity index (χ0n) is 16.0. The molecule has 4 saturated heterocycles. The van der Waals surface area contributed by atoms with Gasteiger partial charge in [0, 0.05) is 7.92 Å². The van der Waals surface area contributed by atoms with Gasteiger partial charge in [-0.1, -0.05) is 43.7 Å².